The number of aromatic nitrogens is 1. The van der Waals surface area contributed by atoms with Crippen molar-refractivity contribution in [1.29, 1.82) is 5.41 Å². The summed E-state index contributed by atoms with van der Waals surface area (Å²) in [6, 6.07) is 14.4. The molecular formula is C25H27N5O4. The summed E-state index contributed by atoms with van der Waals surface area (Å²) >= 11 is 0. The van der Waals surface area contributed by atoms with E-state index >= 15 is 0 Å². The van der Waals surface area contributed by atoms with Crippen LogP contribution < -0.4 is 16.0 Å². The van der Waals surface area contributed by atoms with Crippen LogP contribution in [-0.2, 0) is 25.6 Å². The van der Waals surface area contributed by atoms with E-state index in [4.69, 9.17) is 5.41 Å². The molecule has 0 aliphatic carbocycles. The van der Waals surface area contributed by atoms with Crippen molar-refractivity contribution in [3.8, 4) is 0 Å². The molecule has 3 rings (SSSR count). The Hall–Kier alpha value is -4.27. The molecule has 0 fully saturated rings. The van der Waals surface area contributed by atoms with Crippen LogP contribution in [0.5, 0.6) is 0 Å². The molecular weight excluding hydrogens is 434 g/mol. The zero-order valence-corrected chi connectivity index (χ0v) is 18.8. The highest BCUT2D eigenvalue weighted by Gasteiger charge is 2.27. The molecule has 3 amide bonds. The predicted octanol–water partition coefficient (Wildman–Crippen LogP) is 2.34. The van der Waals surface area contributed by atoms with Gasteiger partial charge in [0.05, 0.1) is 6.21 Å². The van der Waals surface area contributed by atoms with E-state index in [1.54, 1.807) is 36.5 Å². The molecule has 0 bridgehead atoms. The van der Waals surface area contributed by atoms with Crippen LogP contribution in [0.1, 0.15) is 25.3 Å². The fraction of sp³-hybridized carbons (Fsp3) is 0.240. The van der Waals surface area contributed by atoms with E-state index < -0.39 is 29.7 Å². The van der Waals surface area contributed by atoms with E-state index in [-0.39, 0.29) is 25.2 Å². The van der Waals surface area contributed by atoms with Crippen molar-refractivity contribution in [3.63, 3.8) is 0 Å². The standard InChI is InChI=1S/C25H27N5O4/c1-16(31)28-23(13-17-15-27-21-10-6-5-9-20(17)21)25(34)30-22(12-11-19(32)14-26)24(33)29-18-7-3-2-4-8-18/h2-10,14-15,22-23,26-27H,11-13H2,1H3,(H,28,31)(H,29,33)(H,30,34)/t22-,23+/m1/s1. The lowest BCUT2D eigenvalue weighted by Gasteiger charge is -2.23. The van der Waals surface area contributed by atoms with E-state index in [9.17, 15) is 19.2 Å². The third kappa shape index (κ3) is 6.61. The van der Waals surface area contributed by atoms with Gasteiger partial charge in [0, 0.05) is 42.6 Å². The van der Waals surface area contributed by atoms with Gasteiger partial charge in [-0.2, -0.15) is 0 Å². The molecule has 0 saturated heterocycles. The third-order valence-corrected chi connectivity index (χ3v) is 5.31. The number of carbonyl (C=O) groups is 4. The van der Waals surface area contributed by atoms with Crippen LogP contribution in [0.15, 0.2) is 60.8 Å². The van der Waals surface area contributed by atoms with Gasteiger partial charge in [0.15, 0.2) is 5.78 Å². The SMILES string of the molecule is CC(=O)N[C@@H](Cc1c[nH]c2ccccc12)C(=O)N[C@H](CCC(=O)C=N)C(=O)Nc1ccccc1. The van der Waals surface area contributed by atoms with E-state index in [2.05, 4.69) is 20.9 Å². The second-order valence-corrected chi connectivity index (χ2v) is 7.88. The Bertz CT molecular complexity index is 1190. The average molecular weight is 462 g/mol. The molecule has 0 spiro atoms. The van der Waals surface area contributed by atoms with Crippen LogP contribution in [0.25, 0.3) is 10.9 Å². The van der Waals surface area contributed by atoms with Crippen molar-refractivity contribution in [2.24, 2.45) is 0 Å². The van der Waals surface area contributed by atoms with Crippen molar-refractivity contribution >= 4 is 46.3 Å². The summed E-state index contributed by atoms with van der Waals surface area (Å²) in [4.78, 5) is 52.7. The Balaban J connectivity index is 1.78. The quantitative estimate of drug-likeness (QED) is 0.279. The Morgan fingerprint density at radius 1 is 0.941 bits per heavy atom. The number of hydrogen-bond acceptors (Lipinski definition) is 5. The number of benzene rings is 2. The lowest BCUT2D eigenvalue weighted by molar-refractivity contribution is -0.130. The van der Waals surface area contributed by atoms with Crippen LogP contribution in [0.2, 0.25) is 0 Å². The van der Waals surface area contributed by atoms with Gasteiger partial charge in [0.1, 0.15) is 12.1 Å². The molecule has 5 N–H and O–H groups in total. The van der Waals surface area contributed by atoms with Gasteiger partial charge in [-0.05, 0) is 30.2 Å². The molecule has 0 aliphatic heterocycles. The van der Waals surface area contributed by atoms with E-state index in [0.717, 1.165) is 16.5 Å². The smallest absolute Gasteiger partial charge is 0.246 e. The van der Waals surface area contributed by atoms with Crippen molar-refractivity contribution in [3.05, 3.63) is 66.4 Å². The maximum Gasteiger partial charge on any atom is 0.246 e. The normalized spacial score (nSPS) is 12.4. The molecule has 0 saturated carbocycles. The van der Waals surface area contributed by atoms with Gasteiger partial charge in [0.2, 0.25) is 17.7 Å². The zero-order chi connectivity index (χ0) is 24.5. The molecule has 0 unspecified atom stereocenters. The van der Waals surface area contributed by atoms with Gasteiger partial charge >= 0.3 is 0 Å². The molecule has 1 aromatic heterocycles. The summed E-state index contributed by atoms with van der Waals surface area (Å²) in [5.41, 5.74) is 2.29. The van der Waals surface area contributed by atoms with Crippen LogP contribution in [0.3, 0.4) is 0 Å². The number of fused-ring (bicyclic) bond motifs is 1. The average Bonchev–Trinajstić information content (AvgIpc) is 3.24. The largest absolute Gasteiger partial charge is 0.361 e. The van der Waals surface area contributed by atoms with Crippen LogP contribution in [0.4, 0.5) is 5.69 Å². The number of aromatic amines is 1. The number of H-pyrrole nitrogens is 1. The third-order valence-electron chi connectivity index (χ3n) is 5.31. The van der Waals surface area contributed by atoms with E-state index in [0.29, 0.717) is 11.9 Å². The predicted molar refractivity (Wildman–Crippen MR) is 130 cm³/mol. The topological polar surface area (TPSA) is 144 Å². The number of hydrogen-bond donors (Lipinski definition) is 5. The Morgan fingerprint density at radius 3 is 2.35 bits per heavy atom. The first-order chi connectivity index (χ1) is 16.4. The maximum atomic E-state index is 13.2. The van der Waals surface area contributed by atoms with Crippen molar-refractivity contribution in [1.82, 2.24) is 15.6 Å². The zero-order valence-electron chi connectivity index (χ0n) is 18.8. The minimum absolute atomic E-state index is 0.0124. The Kier molecular flexibility index (Phi) is 8.28. The highest BCUT2D eigenvalue weighted by atomic mass is 16.2. The molecule has 0 aliphatic rings. The highest BCUT2D eigenvalue weighted by molar-refractivity contribution is 6.26. The lowest BCUT2D eigenvalue weighted by atomic mass is 10.0. The van der Waals surface area contributed by atoms with Crippen molar-refractivity contribution < 1.29 is 19.2 Å². The summed E-state index contributed by atoms with van der Waals surface area (Å²) < 4.78 is 0. The molecule has 176 valence electrons. The molecule has 0 radical (unpaired) electrons. The summed E-state index contributed by atoms with van der Waals surface area (Å²) in [6.07, 6.45) is 2.62. The van der Waals surface area contributed by atoms with E-state index in [1.807, 2.05) is 24.3 Å². The molecule has 2 aromatic carbocycles. The molecule has 1 heterocycles. The van der Waals surface area contributed by atoms with Gasteiger partial charge in [0.25, 0.3) is 0 Å². The van der Waals surface area contributed by atoms with Gasteiger partial charge in [-0.1, -0.05) is 36.4 Å². The Morgan fingerprint density at radius 2 is 1.65 bits per heavy atom. The van der Waals surface area contributed by atoms with Gasteiger partial charge < -0.3 is 26.3 Å². The molecule has 3 aromatic rings. The van der Waals surface area contributed by atoms with Crippen molar-refractivity contribution in [2.45, 2.75) is 38.3 Å². The van der Waals surface area contributed by atoms with Gasteiger partial charge in [-0.25, -0.2) is 0 Å². The lowest BCUT2D eigenvalue weighted by Crippen LogP contribution is -2.53. The number of amides is 3. The molecule has 9 nitrogen and oxygen atoms in total. The van der Waals surface area contributed by atoms with Crippen molar-refractivity contribution in [2.75, 3.05) is 5.32 Å². The number of Topliss-reactive ketones (excluding diaryl/α,β-unsaturated/α-hetero) is 1. The molecule has 9 heteroatoms. The van der Waals surface area contributed by atoms with Gasteiger partial charge in [-0.15, -0.1) is 0 Å². The fourth-order valence-electron chi connectivity index (χ4n) is 3.63. The molecule has 2 atom stereocenters. The number of nitrogens with one attached hydrogen (secondary N) is 5. The summed E-state index contributed by atoms with van der Waals surface area (Å²) in [7, 11) is 0. The fourth-order valence-corrected chi connectivity index (χ4v) is 3.63. The number of anilines is 1. The number of carbonyl (C=O) groups excluding carboxylic acids is 4. The summed E-state index contributed by atoms with van der Waals surface area (Å²) in [5.74, 6) is -1.88. The first kappa shape index (κ1) is 24.4. The monoisotopic (exact) mass is 461 g/mol. The minimum Gasteiger partial charge on any atom is -0.361 e. The first-order valence-corrected chi connectivity index (χ1v) is 10.9. The van der Waals surface area contributed by atoms with Crippen LogP contribution >= 0.6 is 0 Å². The number of para-hydroxylation sites is 2. The molecule has 34 heavy (non-hydrogen) atoms. The number of ketones is 1. The minimum atomic E-state index is -1.03. The van der Waals surface area contributed by atoms with Gasteiger partial charge in [-0.3, -0.25) is 19.2 Å². The highest BCUT2D eigenvalue weighted by Crippen LogP contribution is 2.19. The number of rotatable bonds is 11. The maximum absolute atomic E-state index is 13.2. The van der Waals surface area contributed by atoms with E-state index in [1.165, 1.54) is 6.92 Å². The first-order valence-electron chi connectivity index (χ1n) is 10.9. The van der Waals surface area contributed by atoms with Crippen LogP contribution in [0, 0.1) is 5.41 Å². The summed E-state index contributed by atoms with van der Waals surface area (Å²) in [5, 5.41) is 16.1. The van der Waals surface area contributed by atoms with Crippen LogP contribution in [-0.4, -0.2) is 46.8 Å². The summed E-state index contributed by atoms with van der Waals surface area (Å²) in [6.45, 7) is 1.32. The Labute approximate surface area is 196 Å². The second-order valence-electron chi connectivity index (χ2n) is 7.88. The second kappa shape index (κ2) is 11.6.